The van der Waals surface area contributed by atoms with Gasteiger partial charge in [0.05, 0.1) is 0 Å². The molecule has 2 N–H and O–H groups in total. The van der Waals surface area contributed by atoms with Crippen molar-refractivity contribution >= 4 is 23.2 Å². The van der Waals surface area contributed by atoms with E-state index < -0.39 is 0 Å². The zero-order valence-corrected chi connectivity index (χ0v) is 8.78. The molecular weight excluding hydrogens is 214 g/mol. The third kappa shape index (κ3) is 1.26. The quantitative estimate of drug-likeness (QED) is 0.746. The van der Waals surface area contributed by atoms with Crippen LogP contribution >= 0.6 is 11.6 Å². The van der Waals surface area contributed by atoms with E-state index in [1.807, 2.05) is 0 Å². The molecule has 0 aromatic carbocycles. The Bertz CT molecular complexity index is 516. The van der Waals surface area contributed by atoms with Crippen molar-refractivity contribution in [3.63, 3.8) is 0 Å². The Morgan fingerprint density at radius 3 is 2.93 bits per heavy atom. The second kappa shape index (κ2) is 3.06. The van der Waals surface area contributed by atoms with Crippen LogP contribution in [0.5, 0.6) is 0 Å². The van der Waals surface area contributed by atoms with Gasteiger partial charge in [0.15, 0.2) is 5.65 Å². The fourth-order valence-electron chi connectivity index (χ4n) is 1.92. The van der Waals surface area contributed by atoms with Gasteiger partial charge in [-0.15, -0.1) is 5.10 Å². The van der Waals surface area contributed by atoms with Crippen LogP contribution in [0.2, 0.25) is 5.15 Å². The van der Waals surface area contributed by atoms with Gasteiger partial charge in [0.1, 0.15) is 11.5 Å². The molecule has 1 aliphatic carbocycles. The van der Waals surface area contributed by atoms with E-state index in [0.29, 0.717) is 11.1 Å². The third-order valence-electron chi connectivity index (χ3n) is 2.90. The lowest BCUT2D eigenvalue weighted by Crippen LogP contribution is -2.12. The Kier molecular flexibility index (Phi) is 1.82. The van der Waals surface area contributed by atoms with Crippen molar-refractivity contribution in [3.8, 4) is 0 Å². The number of halogens is 1. The molecule has 0 spiro atoms. The van der Waals surface area contributed by atoms with Crippen molar-refractivity contribution in [1.29, 1.82) is 0 Å². The van der Waals surface area contributed by atoms with Crippen LogP contribution in [-0.4, -0.2) is 19.6 Å². The largest absolute Gasteiger partial charge is 0.366 e. The van der Waals surface area contributed by atoms with E-state index in [1.165, 1.54) is 6.42 Å². The third-order valence-corrected chi connectivity index (χ3v) is 3.21. The summed E-state index contributed by atoms with van der Waals surface area (Å²) in [7, 11) is 0. The van der Waals surface area contributed by atoms with Crippen LogP contribution in [0.15, 0.2) is 6.33 Å². The van der Waals surface area contributed by atoms with E-state index >= 15 is 0 Å². The van der Waals surface area contributed by atoms with Crippen LogP contribution in [0.1, 0.15) is 30.7 Å². The van der Waals surface area contributed by atoms with Crippen molar-refractivity contribution in [2.45, 2.75) is 25.2 Å². The van der Waals surface area contributed by atoms with Gasteiger partial charge in [-0.2, -0.15) is 4.98 Å². The minimum atomic E-state index is 0.264. The number of rotatable bonds is 1. The van der Waals surface area contributed by atoms with Gasteiger partial charge in [-0.1, -0.05) is 18.0 Å². The summed E-state index contributed by atoms with van der Waals surface area (Å²) in [5, 5.41) is 4.55. The lowest BCUT2D eigenvalue weighted by Gasteiger charge is -2.25. The molecule has 6 heteroatoms. The van der Waals surface area contributed by atoms with E-state index in [9.17, 15) is 0 Å². The highest BCUT2D eigenvalue weighted by molar-refractivity contribution is 6.30. The van der Waals surface area contributed by atoms with Crippen LogP contribution in [-0.2, 0) is 0 Å². The maximum atomic E-state index is 6.09. The first-order valence-electron chi connectivity index (χ1n) is 4.92. The summed E-state index contributed by atoms with van der Waals surface area (Å²) in [6.07, 6.45) is 5.08. The molecule has 0 radical (unpaired) electrons. The van der Waals surface area contributed by atoms with E-state index in [4.69, 9.17) is 17.3 Å². The Labute approximate surface area is 91.3 Å². The standard InChI is InChI=1S/C9H10ClN5/c10-7-6(5-2-1-3-5)8-13-9(11)14-15(8)4-12-7/h4-5H,1-3H2,(H2,11,14). The van der Waals surface area contributed by atoms with Crippen molar-refractivity contribution in [1.82, 2.24) is 19.6 Å². The van der Waals surface area contributed by atoms with Gasteiger partial charge in [0.25, 0.3) is 0 Å². The molecule has 0 aliphatic heterocycles. The summed E-state index contributed by atoms with van der Waals surface area (Å²) >= 11 is 6.09. The molecule has 1 saturated carbocycles. The molecule has 15 heavy (non-hydrogen) atoms. The highest BCUT2D eigenvalue weighted by atomic mass is 35.5. The average molecular weight is 224 g/mol. The molecular formula is C9H10ClN5. The molecule has 0 saturated heterocycles. The highest BCUT2D eigenvalue weighted by Crippen LogP contribution is 2.40. The fraction of sp³-hybridized carbons (Fsp3) is 0.444. The number of hydrogen-bond acceptors (Lipinski definition) is 4. The number of nitrogens with zero attached hydrogens (tertiary/aromatic N) is 4. The molecule has 78 valence electrons. The summed E-state index contributed by atoms with van der Waals surface area (Å²) in [6, 6.07) is 0. The number of anilines is 1. The summed E-state index contributed by atoms with van der Waals surface area (Å²) in [6.45, 7) is 0. The minimum Gasteiger partial charge on any atom is -0.366 e. The van der Waals surface area contributed by atoms with E-state index in [-0.39, 0.29) is 5.95 Å². The molecule has 0 amide bonds. The summed E-state index contributed by atoms with van der Waals surface area (Å²) in [4.78, 5) is 8.28. The van der Waals surface area contributed by atoms with Crippen molar-refractivity contribution in [2.75, 3.05) is 5.73 Å². The van der Waals surface area contributed by atoms with E-state index in [0.717, 1.165) is 24.1 Å². The zero-order valence-electron chi connectivity index (χ0n) is 8.02. The SMILES string of the molecule is Nc1nc2c(C3CCC3)c(Cl)ncn2n1. The fourth-order valence-corrected chi connectivity index (χ4v) is 2.20. The number of nitrogens with two attached hydrogens (primary N) is 1. The molecule has 0 atom stereocenters. The van der Waals surface area contributed by atoms with Crippen molar-refractivity contribution in [3.05, 3.63) is 17.0 Å². The van der Waals surface area contributed by atoms with Crippen molar-refractivity contribution in [2.24, 2.45) is 0 Å². The predicted molar refractivity (Wildman–Crippen MR) is 56.8 cm³/mol. The van der Waals surface area contributed by atoms with Crippen molar-refractivity contribution < 1.29 is 0 Å². The van der Waals surface area contributed by atoms with E-state index in [2.05, 4.69) is 15.1 Å². The Morgan fingerprint density at radius 1 is 1.47 bits per heavy atom. The molecule has 2 aromatic heterocycles. The predicted octanol–water partition coefficient (Wildman–Crippen LogP) is 1.63. The normalized spacial score (nSPS) is 16.9. The highest BCUT2D eigenvalue weighted by Gasteiger charge is 2.26. The monoisotopic (exact) mass is 223 g/mol. The van der Waals surface area contributed by atoms with Gasteiger partial charge in [-0.3, -0.25) is 0 Å². The molecule has 1 fully saturated rings. The van der Waals surface area contributed by atoms with Gasteiger partial charge >= 0.3 is 0 Å². The smallest absolute Gasteiger partial charge is 0.240 e. The molecule has 3 rings (SSSR count). The first kappa shape index (κ1) is 8.91. The maximum absolute atomic E-state index is 6.09. The van der Waals surface area contributed by atoms with Crippen LogP contribution in [0.4, 0.5) is 5.95 Å². The van der Waals surface area contributed by atoms with E-state index in [1.54, 1.807) is 10.8 Å². The first-order chi connectivity index (χ1) is 7.25. The number of fused-ring (bicyclic) bond motifs is 1. The molecule has 5 nitrogen and oxygen atoms in total. The van der Waals surface area contributed by atoms with Gasteiger partial charge < -0.3 is 5.73 Å². The molecule has 0 unspecified atom stereocenters. The number of nitrogen functional groups attached to an aromatic ring is 1. The minimum absolute atomic E-state index is 0.264. The number of aromatic nitrogens is 4. The number of hydrogen-bond donors (Lipinski definition) is 1. The van der Waals surface area contributed by atoms with Gasteiger partial charge in [0, 0.05) is 5.56 Å². The Hall–Kier alpha value is -1.36. The molecule has 2 heterocycles. The van der Waals surface area contributed by atoms with Gasteiger partial charge in [-0.25, -0.2) is 9.50 Å². The maximum Gasteiger partial charge on any atom is 0.240 e. The second-order valence-electron chi connectivity index (χ2n) is 3.82. The topological polar surface area (TPSA) is 69.1 Å². The van der Waals surface area contributed by atoms with Crippen LogP contribution in [0.3, 0.4) is 0 Å². The zero-order chi connectivity index (χ0) is 10.4. The molecule has 0 bridgehead atoms. The summed E-state index contributed by atoms with van der Waals surface area (Å²) in [5.74, 6) is 0.733. The second-order valence-corrected chi connectivity index (χ2v) is 4.17. The summed E-state index contributed by atoms with van der Waals surface area (Å²) < 4.78 is 1.59. The summed E-state index contributed by atoms with van der Waals surface area (Å²) in [5.41, 5.74) is 7.30. The Morgan fingerprint density at radius 2 is 2.27 bits per heavy atom. The molecule has 1 aliphatic rings. The average Bonchev–Trinajstić information content (AvgIpc) is 2.48. The first-order valence-corrected chi connectivity index (χ1v) is 5.30. The van der Waals surface area contributed by atoms with Crippen LogP contribution in [0.25, 0.3) is 5.65 Å². The van der Waals surface area contributed by atoms with Gasteiger partial charge in [-0.05, 0) is 18.8 Å². The lowest BCUT2D eigenvalue weighted by atomic mass is 9.81. The van der Waals surface area contributed by atoms with Crippen LogP contribution in [0, 0.1) is 0 Å². The molecule has 2 aromatic rings. The van der Waals surface area contributed by atoms with Crippen LogP contribution < -0.4 is 5.73 Å². The Balaban J connectivity index is 2.27. The lowest BCUT2D eigenvalue weighted by molar-refractivity contribution is 0.419. The van der Waals surface area contributed by atoms with Gasteiger partial charge in [0.2, 0.25) is 5.95 Å².